The van der Waals surface area contributed by atoms with Crippen LogP contribution in [0.2, 0.25) is 0 Å². The maximum Gasteiger partial charge on any atom is 0.269 e. The van der Waals surface area contributed by atoms with E-state index in [4.69, 9.17) is 33.2 Å². The Kier molecular flexibility index (Phi) is 22.2. The first-order valence-electron chi connectivity index (χ1n) is 13.1. The Morgan fingerprint density at radius 3 is 1.39 bits per heavy atom. The van der Waals surface area contributed by atoms with Crippen LogP contribution in [0.3, 0.4) is 0 Å². The van der Waals surface area contributed by atoms with E-state index in [1.165, 1.54) is 44.2 Å². The Balaban J connectivity index is 1.70. The number of hydrogen-bond acceptors (Lipinski definition) is 9. The minimum Gasteiger partial charge on any atom is -0.491 e. The van der Waals surface area contributed by atoms with E-state index >= 15 is 0 Å². The molecule has 0 radical (unpaired) electrons. The van der Waals surface area contributed by atoms with Crippen LogP contribution in [0.25, 0.3) is 0 Å². The molecule has 0 unspecified atom stereocenters. The van der Waals surface area contributed by atoms with Crippen LogP contribution in [0.15, 0.2) is 24.3 Å². The molecule has 0 aliphatic carbocycles. The van der Waals surface area contributed by atoms with Gasteiger partial charge >= 0.3 is 0 Å². The van der Waals surface area contributed by atoms with Crippen LogP contribution in [0.5, 0.6) is 5.75 Å². The Labute approximate surface area is 215 Å². The van der Waals surface area contributed by atoms with E-state index in [1.54, 1.807) is 12.1 Å². The summed E-state index contributed by atoms with van der Waals surface area (Å²) in [5.41, 5.74) is 0.0348. The molecule has 0 heterocycles. The predicted octanol–water partition coefficient (Wildman–Crippen LogP) is 4.43. The van der Waals surface area contributed by atoms with Gasteiger partial charge in [-0.15, -0.1) is 0 Å². The molecule has 36 heavy (non-hydrogen) atoms. The van der Waals surface area contributed by atoms with E-state index in [1.807, 2.05) is 0 Å². The Morgan fingerprint density at radius 2 is 0.944 bits per heavy atom. The van der Waals surface area contributed by atoms with Gasteiger partial charge in [0, 0.05) is 18.7 Å². The van der Waals surface area contributed by atoms with Crippen LogP contribution >= 0.6 is 0 Å². The van der Waals surface area contributed by atoms with Crippen LogP contribution in [0.4, 0.5) is 5.69 Å². The molecule has 0 atom stereocenters. The summed E-state index contributed by atoms with van der Waals surface area (Å²) in [5, 5.41) is 10.6. The third-order valence-electron chi connectivity index (χ3n) is 5.05. The average molecular weight is 516 g/mol. The number of nitro benzene ring substituents is 1. The highest BCUT2D eigenvalue weighted by atomic mass is 16.6. The molecule has 0 bridgehead atoms. The van der Waals surface area contributed by atoms with Crippen molar-refractivity contribution in [2.45, 2.75) is 45.4 Å². The van der Waals surface area contributed by atoms with Gasteiger partial charge in [0.1, 0.15) is 12.4 Å². The number of ether oxygens (including phenoxy) is 7. The van der Waals surface area contributed by atoms with E-state index in [0.29, 0.717) is 85.0 Å². The maximum absolute atomic E-state index is 10.6. The van der Waals surface area contributed by atoms with Crippen molar-refractivity contribution in [1.29, 1.82) is 0 Å². The highest BCUT2D eigenvalue weighted by Gasteiger charge is 2.04. The van der Waals surface area contributed by atoms with Crippen LogP contribution < -0.4 is 4.74 Å². The molecule has 0 aliphatic heterocycles. The fourth-order valence-corrected chi connectivity index (χ4v) is 3.07. The van der Waals surface area contributed by atoms with E-state index in [0.717, 1.165) is 13.0 Å². The topological polar surface area (TPSA) is 108 Å². The highest BCUT2D eigenvalue weighted by molar-refractivity contribution is 5.35. The summed E-state index contributed by atoms with van der Waals surface area (Å²) in [6, 6.07) is 5.94. The lowest BCUT2D eigenvalue weighted by molar-refractivity contribution is -0.384. The molecule has 1 aromatic carbocycles. The molecule has 0 saturated heterocycles. The van der Waals surface area contributed by atoms with E-state index in [-0.39, 0.29) is 5.69 Å². The summed E-state index contributed by atoms with van der Waals surface area (Å²) in [7, 11) is 0. The van der Waals surface area contributed by atoms with Gasteiger partial charge in [-0.05, 0) is 18.6 Å². The van der Waals surface area contributed by atoms with E-state index in [9.17, 15) is 10.1 Å². The van der Waals surface area contributed by atoms with Crippen LogP contribution in [-0.2, 0) is 28.4 Å². The van der Waals surface area contributed by atoms with Crippen molar-refractivity contribution in [2.24, 2.45) is 0 Å². The third kappa shape index (κ3) is 20.4. The summed E-state index contributed by atoms with van der Waals surface area (Å²) in [5.74, 6) is 0.567. The van der Waals surface area contributed by atoms with Crippen molar-refractivity contribution >= 4 is 5.69 Å². The second kappa shape index (κ2) is 24.9. The number of rotatable bonds is 27. The van der Waals surface area contributed by atoms with Gasteiger partial charge in [-0.3, -0.25) is 10.1 Å². The fourth-order valence-electron chi connectivity index (χ4n) is 3.07. The summed E-state index contributed by atoms with van der Waals surface area (Å²) in [4.78, 5) is 10.2. The normalized spacial score (nSPS) is 11.1. The lowest BCUT2D eigenvalue weighted by atomic mass is 10.1. The van der Waals surface area contributed by atoms with Gasteiger partial charge < -0.3 is 33.2 Å². The standard InChI is InChI=1S/C26H45NO9/c1-2-3-4-5-6-7-12-30-13-14-31-15-16-32-17-18-33-19-20-34-21-22-35-23-24-36-26-10-8-25(9-11-26)27(28)29/h8-11H,2-7,12-24H2,1H3. The second-order valence-electron chi connectivity index (χ2n) is 8.04. The second-order valence-corrected chi connectivity index (χ2v) is 8.04. The smallest absolute Gasteiger partial charge is 0.269 e. The molecular formula is C26H45NO9. The monoisotopic (exact) mass is 515 g/mol. The molecular weight excluding hydrogens is 470 g/mol. The van der Waals surface area contributed by atoms with Crippen LogP contribution in [0.1, 0.15) is 45.4 Å². The molecule has 0 amide bonds. The van der Waals surface area contributed by atoms with Crippen molar-refractivity contribution in [3.05, 3.63) is 34.4 Å². The van der Waals surface area contributed by atoms with Crippen molar-refractivity contribution in [2.75, 3.05) is 85.9 Å². The van der Waals surface area contributed by atoms with Crippen LogP contribution in [0, 0.1) is 10.1 Å². The number of benzene rings is 1. The molecule has 0 spiro atoms. The summed E-state index contributed by atoms with van der Waals surface area (Å²) in [6.07, 6.45) is 7.65. The number of nitrogens with zero attached hydrogens (tertiary/aromatic N) is 1. The zero-order chi connectivity index (χ0) is 25.9. The first kappa shape index (κ1) is 32.2. The van der Waals surface area contributed by atoms with Gasteiger partial charge in [-0.2, -0.15) is 0 Å². The number of unbranched alkanes of at least 4 members (excludes halogenated alkanes) is 5. The fraction of sp³-hybridized carbons (Fsp3) is 0.769. The minimum atomic E-state index is -0.446. The Hall–Kier alpha value is -1.82. The Morgan fingerprint density at radius 1 is 0.556 bits per heavy atom. The number of hydrogen-bond donors (Lipinski definition) is 0. The summed E-state index contributed by atoms with van der Waals surface area (Å²) >= 11 is 0. The predicted molar refractivity (Wildman–Crippen MR) is 137 cm³/mol. The van der Waals surface area contributed by atoms with Gasteiger partial charge in [-0.25, -0.2) is 0 Å². The summed E-state index contributed by atoms with van der Waals surface area (Å²) < 4.78 is 38.3. The molecule has 0 aromatic heterocycles. The lowest BCUT2D eigenvalue weighted by Crippen LogP contribution is -2.14. The SMILES string of the molecule is CCCCCCCCOCCOCCOCCOCCOCCOCCOc1ccc([N+](=O)[O-])cc1. The molecule has 0 aliphatic rings. The zero-order valence-corrected chi connectivity index (χ0v) is 21.9. The highest BCUT2D eigenvalue weighted by Crippen LogP contribution is 2.17. The first-order valence-corrected chi connectivity index (χ1v) is 13.1. The third-order valence-corrected chi connectivity index (χ3v) is 5.05. The molecule has 1 aromatic rings. The molecule has 1 rings (SSSR count). The van der Waals surface area contributed by atoms with Gasteiger partial charge in [0.25, 0.3) is 5.69 Å². The first-order chi connectivity index (χ1) is 17.7. The molecule has 0 fully saturated rings. The van der Waals surface area contributed by atoms with E-state index < -0.39 is 4.92 Å². The molecule has 0 saturated carbocycles. The Bertz CT molecular complexity index is 616. The largest absolute Gasteiger partial charge is 0.491 e. The quantitative estimate of drug-likeness (QED) is 0.0955. The molecule has 208 valence electrons. The zero-order valence-electron chi connectivity index (χ0n) is 21.9. The lowest BCUT2D eigenvalue weighted by Gasteiger charge is -2.09. The van der Waals surface area contributed by atoms with Gasteiger partial charge in [0.05, 0.1) is 77.6 Å². The number of non-ortho nitro benzene ring substituents is 1. The van der Waals surface area contributed by atoms with E-state index in [2.05, 4.69) is 6.92 Å². The van der Waals surface area contributed by atoms with Crippen molar-refractivity contribution in [3.8, 4) is 5.75 Å². The molecule has 10 nitrogen and oxygen atoms in total. The van der Waals surface area contributed by atoms with Crippen molar-refractivity contribution in [3.63, 3.8) is 0 Å². The van der Waals surface area contributed by atoms with Gasteiger partial charge in [-0.1, -0.05) is 39.0 Å². The van der Waals surface area contributed by atoms with Gasteiger partial charge in [0.15, 0.2) is 0 Å². The van der Waals surface area contributed by atoms with Crippen molar-refractivity contribution in [1.82, 2.24) is 0 Å². The minimum absolute atomic E-state index is 0.0348. The number of nitro groups is 1. The average Bonchev–Trinajstić information content (AvgIpc) is 2.89. The molecule has 10 heteroatoms. The molecule has 0 N–H and O–H groups in total. The van der Waals surface area contributed by atoms with Crippen molar-refractivity contribution < 1.29 is 38.1 Å². The van der Waals surface area contributed by atoms with Gasteiger partial charge in [0.2, 0.25) is 0 Å². The summed E-state index contributed by atoms with van der Waals surface area (Å²) in [6.45, 7) is 9.11. The maximum atomic E-state index is 10.6. The van der Waals surface area contributed by atoms with Crippen LogP contribution in [-0.4, -0.2) is 90.8 Å².